The Labute approximate surface area is 302 Å². The third-order valence-electron chi connectivity index (χ3n) is 11.1. The minimum absolute atomic E-state index is 0.00566. The van der Waals surface area contributed by atoms with Gasteiger partial charge in [0.15, 0.2) is 5.82 Å². The van der Waals surface area contributed by atoms with Crippen molar-refractivity contribution in [2.24, 2.45) is 0 Å². The monoisotopic (exact) mass is 735 g/mol. The topological polar surface area (TPSA) is 115 Å². The van der Waals surface area contributed by atoms with Crippen molar-refractivity contribution in [2.75, 3.05) is 51.3 Å². The number of fused-ring (bicyclic) bond motifs is 3. The number of halogens is 4. The van der Waals surface area contributed by atoms with Crippen molar-refractivity contribution in [1.82, 2.24) is 29.7 Å². The van der Waals surface area contributed by atoms with E-state index in [4.69, 9.17) is 16.3 Å². The molecule has 272 valence electrons. The fourth-order valence-corrected chi connectivity index (χ4v) is 8.56. The first-order valence-corrected chi connectivity index (χ1v) is 17.8. The highest BCUT2D eigenvalue weighted by atomic mass is 35.5. The SMILES string of the molecule is CN(c1nc(OC[C@@]23CCCN2C[C@H](F)C3)nc2c(F)c(-c3cccc4cccc(Cl)c34)ncc12)[C@@H]1CN(C(=O)/C=C/[C@@H]2CCN2C(=O)O)C[C@H]1F. The molecule has 0 radical (unpaired) electrons. The molecule has 8 rings (SSSR count). The van der Waals surface area contributed by atoms with E-state index in [2.05, 4.69) is 19.9 Å². The largest absolute Gasteiger partial charge is 0.465 e. The van der Waals surface area contributed by atoms with E-state index in [0.29, 0.717) is 41.9 Å². The Kier molecular flexibility index (Phi) is 8.85. The zero-order valence-electron chi connectivity index (χ0n) is 28.4. The summed E-state index contributed by atoms with van der Waals surface area (Å²) in [6.07, 6.45) is 3.31. The number of amides is 2. The van der Waals surface area contributed by atoms with Gasteiger partial charge in [-0.15, -0.1) is 0 Å². The molecular formula is C37H37ClF3N7O4. The Morgan fingerprint density at radius 3 is 2.71 bits per heavy atom. The number of pyridine rings is 1. The van der Waals surface area contributed by atoms with Crippen LogP contribution in [0.3, 0.4) is 0 Å². The highest BCUT2D eigenvalue weighted by Gasteiger charge is 2.49. The van der Waals surface area contributed by atoms with E-state index in [1.165, 1.54) is 28.1 Å². The van der Waals surface area contributed by atoms with Crippen molar-refractivity contribution >= 4 is 51.1 Å². The number of benzene rings is 2. The first-order chi connectivity index (χ1) is 25.0. The third kappa shape index (κ3) is 5.95. The van der Waals surface area contributed by atoms with E-state index in [-0.39, 0.29) is 48.1 Å². The van der Waals surface area contributed by atoms with Crippen molar-refractivity contribution < 1.29 is 32.6 Å². The van der Waals surface area contributed by atoms with Crippen LogP contribution in [0, 0.1) is 5.82 Å². The number of likely N-dealkylation sites (tertiary alicyclic amines) is 2. The molecule has 4 aliphatic rings. The lowest BCUT2D eigenvalue weighted by Gasteiger charge is -2.36. The molecule has 52 heavy (non-hydrogen) atoms. The van der Waals surface area contributed by atoms with Gasteiger partial charge in [0.25, 0.3) is 0 Å². The van der Waals surface area contributed by atoms with E-state index in [1.54, 1.807) is 30.1 Å². The summed E-state index contributed by atoms with van der Waals surface area (Å²) < 4.78 is 53.4. The van der Waals surface area contributed by atoms with E-state index in [9.17, 15) is 19.1 Å². The third-order valence-corrected chi connectivity index (χ3v) is 11.4. The smallest absolute Gasteiger partial charge is 0.407 e. The number of likely N-dealkylation sites (N-methyl/N-ethyl adjacent to an activating group) is 1. The molecule has 2 amide bonds. The molecule has 11 nitrogen and oxygen atoms in total. The quantitative estimate of drug-likeness (QED) is 0.222. The Balaban J connectivity index is 1.14. The van der Waals surface area contributed by atoms with Crippen LogP contribution >= 0.6 is 11.6 Å². The Morgan fingerprint density at radius 2 is 1.94 bits per heavy atom. The molecule has 4 aliphatic heterocycles. The predicted molar refractivity (Wildman–Crippen MR) is 190 cm³/mol. The molecule has 4 saturated heterocycles. The van der Waals surface area contributed by atoms with Gasteiger partial charge in [-0.2, -0.15) is 9.97 Å². The van der Waals surface area contributed by atoms with Gasteiger partial charge < -0.3 is 24.5 Å². The highest BCUT2D eigenvalue weighted by molar-refractivity contribution is 6.36. The fourth-order valence-electron chi connectivity index (χ4n) is 8.28. The molecule has 6 heterocycles. The summed E-state index contributed by atoms with van der Waals surface area (Å²) in [4.78, 5) is 44.3. The number of hydrogen-bond donors (Lipinski definition) is 1. The van der Waals surface area contributed by atoms with Crippen LogP contribution in [0.15, 0.2) is 54.7 Å². The average Bonchev–Trinajstić information content (AvgIpc) is 3.77. The molecule has 1 N–H and O–H groups in total. The van der Waals surface area contributed by atoms with Crippen molar-refractivity contribution in [3.05, 3.63) is 65.6 Å². The highest BCUT2D eigenvalue weighted by Crippen LogP contribution is 2.41. The molecular weight excluding hydrogens is 699 g/mol. The molecule has 2 aromatic carbocycles. The molecule has 0 bridgehead atoms. The summed E-state index contributed by atoms with van der Waals surface area (Å²) in [6.45, 7) is 1.38. The number of carboxylic acid groups (broad SMARTS) is 1. The van der Waals surface area contributed by atoms with Gasteiger partial charge in [0.1, 0.15) is 36.0 Å². The van der Waals surface area contributed by atoms with Gasteiger partial charge in [0, 0.05) is 61.3 Å². The van der Waals surface area contributed by atoms with Crippen LogP contribution in [-0.2, 0) is 4.79 Å². The Hall–Kier alpha value is -4.69. The summed E-state index contributed by atoms with van der Waals surface area (Å²) in [6, 6.07) is 9.39. The zero-order valence-corrected chi connectivity index (χ0v) is 29.1. The summed E-state index contributed by atoms with van der Waals surface area (Å²) in [5, 5.41) is 11.3. The van der Waals surface area contributed by atoms with Gasteiger partial charge in [0.2, 0.25) is 5.91 Å². The van der Waals surface area contributed by atoms with Crippen LogP contribution in [0.25, 0.3) is 32.9 Å². The number of nitrogens with zero attached hydrogens (tertiary/aromatic N) is 7. The Bertz CT molecular complexity index is 2100. The van der Waals surface area contributed by atoms with E-state index in [0.717, 1.165) is 24.8 Å². The normalized spacial score (nSPS) is 26.0. The van der Waals surface area contributed by atoms with Crippen LogP contribution in [0.1, 0.15) is 25.7 Å². The van der Waals surface area contributed by atoms with Crippen molar-refractivity contribution in [1.29, 1.82) is 0 Å². The van der Waals surface area contributed by atoms with Gasteiger partial charge in [-0.05, 0) is 37.3 Å². The minimum atomic E-state index is -1.49. The first-order valence-electron chi connectivity index (χ1n) is 17.4. The Morgan fingerprint density at radius 1 is 1.13 bits per heavy atom. The number of aromatic nitrogens is 3. The number of carbonyl (C=O) groups is 2. The van der Waals surface area contributed by atoms with Crippen molar-refractivity contribution in [2.45, 2.75) is 55.6 Å². The number of anilines is 1. The lowest BCUT2D eigenvalue weighted by Crippen LogP contribution is -2.49. The van der Waals surface area contributed by atoms with Crippen molar-refractivity contribution in [3.8, 4) is 17.3 Å². The molecule has 5 atom stereocenters. The summed E-state index contributed by atoms with van der Waals surface area (Å²) in [7, 11) is 1.62. The lowest BCUT2D eigenvalue weighted by atomic mass is 9.95. The van der Waals surface area contributed by atoms with Crippen LogP contribution in [-0.4, -0.2) is 123 Å². The summed E-state index contributed by atoms with van der Waals surface area (Å²) in [5.74, 6) is -1.02. The second-order valence-electron chi connectivity index (χ2n) is 14.1. The maximum absolute atomic E-state index is 16.8. The predicted octanol–water partition coefficient (Wildman–Crippen LogP) is 5.89. The van der Waals surface area contributed by atoms with Gasteiger partial charge in [0.05, 0.1) is 29.6 Å². The summed E-state index contributed by atoms with van der Waals surface area (Å²) in [5.41, 5.74) is -0.129. The zero-order chi connectivity index (χ0) is 36.3. The van der Waals surface area contributed by atoms with Crippen molar-refractivity contribution in [3.63, 3.8) is 0 Å². The van der Waals surface area contributed by atoms with Gasteiger partial charge in [-0.1, -0.05) is 48.0 Å². The van der Waals surface area contributed by atoms with E-state index >= 15 is 8.78 Å². The minimum Gasteiger partial charge on any atom is -0.465 e. The molecule has 0 unspecified atom stereocenters. The number of hydrogen-bond acceptors (Lipinski definition) is 8. The van der Waals surface area contributed by atoms with Gasteiger partial charge >= 0.3 is 12.1 Å². The number of ether oxygens (including phenoxy) is 1. The first kappa shape index (κ1) is 34.4. The maximum Gasteiger partial charge on any atom is 0.407 e. The number of alkyl halides is 2. The number of rotatable bonds is 8. The molecule has 0 spiro atoms. The molecule has 4 aromatic rings. The second-order valence-corrected chi connectivity index (χ2v) is 14.6. The van der Waals surface area contributed by atoms with Crippen LogP contribution in [0.4, 0.5) is 23.8 Å². The van der Waals surface area contributed by atoms with Crippen LogP contribution < -0.4 is 9.64 Å². The molecule has 4 fully saturated rings. The fraction of sp³-hybridized carbons (Fsp3) is 0.432. The average molecular weight is 736 g/mol. The van der Waals surface area contributed by atoms with Crippen LogP contribution in [0.2, 0.25) is 5.02 Å². The molecule has 15 heteroatoms. The maximum atomic E-state index is 16.8. The molecule has 0 aliphatic carbocycles. The molecule has 0 saturated carbocycles. The van der Waals surface area contributed by atoms with Crippen LogP contribution in [0.5, 0.6) is 6.01 Å². The second kappa shape index (κ2) is 13.4. The van der Waals surface area contributed by atoms with Gasteiger partial charge in [-0.25, -0.2) is 18.0 Å². The lowest BCUT2D eigenvalue weighted by molar-refractivity contribution is -0.125. The standard InChI is InChI=1S/C37H37ClF3N7O4/c1-45(28-19-46(18-27(28)40)29(49)10-9-23-11-14-48(23)36(50)51)34-25-16-42-32(24-7-2-5-21-6-3-8-26(38)30(21)24)31(41)33(25)43-35(44-34)52-20-37-12-4-13-47(37)17-22(39)15-37/h2-3,5-10,16,22-23,27-28H,4,11-15,17-20H2,1H3,(H,50,51)/b10-9+/t22-,23-,27-,28-,37+/m1/s1. The molecule has 2 aromatic heterocycles. The van der Waals surface area contributed by atoms with E-state index in [1.807, 2.05) is 18.2 Å². The van der Waals surface area contributed by atoms with E-state index < -0.39 is 47.8 Å². The summed E-state index contributed by atoms with van der Waals surface area (Å²) >= 11 is 6.59. The van der Waals surface area contributed by atoms with Gasteiger partial charge in [-0.3, -0.25) is 14.7 Å². The number of carbonyl (C=O) groups excluding carboxylic acids is 1.